The van der Waals surface area contributed by atoms with E-state index in [1.54, 1.807) is 0 Å². The SMILES string of the molecule is OC1=C(c2cc(O)c3c(c2O)C[C@@H](O)[C@@H](c2ccc(O)c(O)c2)O3)c2c(O)cc(O)cc2O[C@@H]1c1ccc(O)c(O)c1. The third-order valence-corrected chi connectivity index (χ3v) is 7.30. The van der Waals surface area contributed by atoms with Crippen molar-refractivity contribution in [2.45, 2.75) is 24.7 Å². The predicted molar refractivity (Wildman–Crippen MR) is 144 cm³/mol. The van der Waals surface area contributed by atoms with Crippen LogP contribution in [0.25, 0.3) is 5.57 Å². The van der Waals surface area contributed by atoms with E-state index in [1.165, 1.54) is 30.3 Å². The van der Waals surface area contributed by atoms with Crippen molar-refractivity contribution in [1.82, 2.24) is 0 Å². The summed E-state index contributed by atoms with van der Waals surface area (Å²) >= 11 is 0. The second-order valence-electron chi connectivity index (χ2n) is 10.0. The number of aliphatic hydroxyl groups is 2. The standard InChI is InChI=1S/C30H24O12/c31-13-7-20(36)25-23(8-13)41-29(12-2-4-17(33)19(35)6-12)27(40)24(25)14-9-22(38)30-15(26(14)39)10-21(37)28(42-30)11-1-3-16(32)18(34)5-11/h1-9,21,28-29,31-40H,10H2/t21-,28-,29-/m1/s1. The second kappa shape index (κ2) is 9.49. The van der Waals surface area contributed by atoms with Crippen LogP contribution in [0.5, 0.6) is 57.5 Å². The number of phenolic OH excluding ortho intramolecular Hbond substituents is 8. The van der Waals surface area contributed by atoms with E-state index in [0.717, 1.165) is 24.3 Å². The number of ether oxygens (including phenoxy) is 2. The van der Waals surface area contributed by atoms with E-state index >= 15 is 0 Å². The number of rotatable bonds is 3. The molecule has 6 rings (SSSR count). The number of aromatic hydroxyl groups is 8. The highest BCUT2D eigenvalue weighted by molar-refractivity contribution is 5.92. The smallest absolute Gasteiger partial charge is 0.181 e. The summed E-state index contributed by atoms with van der Waals surface area (Å²) in [5.41, 5.74) is -0.0824. The highest BCUT2D eigenvalue weighted by atomic mass is 16.5. The van der Waals surface area contributed by atoms with Crippen molar-refractivity contribution in [1.29, 1.82) is 0 Å². The molecule has 0 amide bonds. The van der Waals surface area contributed by atoms with Crippen molar-refractivity contribution in [3.8, 4) is 57.5 Å². The maximum absolute atomic E-state index is 11.5. The van der Waals surface area contributed by atoms with Crippen molar-refractivity contribution in [2.24, 2.45) is 0 Å². The third kappa shape index (κ3) is 4.12. The summed E-state index contributed by atoms with van der Waals surface area (Å²) in [5.74, 6) is -4.52. The van der Waals surface area contributed by atoms with Gasteiger partial charge in [0.05, 0.1) is 11.7 Å². The van der Waals surface area contributed by atoms with Gasteiger partial charge in [0.25, 0.3) is 0 Å². The van der Waals surface area contributed by atoms with E-state index in [-0.39, 0.29) is 62.8 Å². The predicted octanol–water partition coefficient (Wildman–Crippen LogP) is 3.82. The average molecular weight is 577 g/mol. The first-order valence-corrected chi connectivity index (χ1v) is 12.6. The molecule has 0 aliphatic carbocycles. The van der Waals surface area contributed by atoms with Crippen LogP contribution in [0.3, 0.4) is 0 Å². The fourth-order valence-electron chi connectivity index (χ4n) is 5.31. The number of aliphatic hydroxyl groups excluding tert-OH is 2. The van der Waals surface area contributed by atoms with E-state index in [4.69, 9.17) is 9.47 Å². The Labute approximate surface area is 236 Å². The maximum atomic E-state index is 11.5. The molecule has 10 N–H and O–H groups in total. The number of hydrogen-bond acceptors (Lipinski definition) is 12. The van der Waals surface area contributed by atoms with Crippen LogP contribution >= 0.6 is 0 Å². The fraction of sp³-hybridized carbons (Fsp3) is 0.133. The van der Waals surface area contributed by atoms with Crippen molar-refractivity contribution in [3.63, 3.8) is 0 Å². The van der Waals surface area contributed by atoms with Crippen LogP contribution in [-0.2, 0) is 6.42 Å². The van der Waals surface area contributed by atoms with Gasteiger partial charge in [0, 0.05) is 40.8 Å². The van der Waals surface area contributed by atoms with Crippen LogP contribution in [0.4, 0.5) is 0 Å². The minimum Gasteiger partial charge on any atom is -0.508 e. The average Bonchev–Trinajstić information content (AvgIpc) is 2.94. The molecule has 0 spiro atoms. The Morgan fingerprint density at radius 2 is 1.26 bits per heavy atom. The molecule has 4 aromatic carbocycles. The molecule has 0 fully saturated rings. The molecule has 12 nitrogen and oxygen atoms in total. The molecular weight excluding hydrogens is 552 g/mol. The number of fused-ring (bicyclic) bond motifs is 2. The molecule has 0 saturated heterocycles. The third-order valence-electron chi connectivity index (χ3n) is 7.30. The largest absolute Gasteiger partial charge is 0.508 e. The highest BCUT2D eigenvalue weighted by Crippen LogP contribution is 2.55. The Kier molecular flexibility index (Phi) is 6.01. The quantitative estimate of drug-likeness (QED) is 0.124. The lowest BCUT2D eigenvalue weighted by atomic mass is 9.86. The molecular formula is C30H24O12. The van der Waals surface area contributed by atoms with Gasteiger partial charge in [-0.2, -0.15) is 0 Å². The Morgan fingerprint density at radius 3 is 1.93 bits per heavy atom. The first-order chi connectivity index (χ1) is 19.9. The van der Waals surface area contributed by atoms with Gasteiger partial charge in [-0.3, -0.25) is 0 Å². The summed E-state index contributed by atoms with van der Waals surface area (Å²) < 4.78 is 11.7. The van der Waals surface area contributed by atoms with Crippen LogP contribution in [0.15, 0.2) is 60.4 Å². The second-order valence-corrected chi connectivity index (χ2v) is 10.0. The first-order valence-electron chi connectivity index (χ1n) is 12.6. The van der Waals surface area contributed by atoms with Gasteiger partial charge in [-0.25, -0.2) is 0 Å². The summed E-state index contributed by atoms with van der Waals surface area (Å²) in [7, 11) is 0. The van der Waals surface area contributed by atoms with E-state index in [0.29, 0.717) is 0 Å². The molecule has 2 aliphatic rings. The number of benzene rings is 4. The highest BCUT2D eigenvalue weighted by Gasteiger charge is 2.39. The van der Waals surface area contributed by atoms with Crippen LogP contribution in [0.1, 0.15) is 40.0 Å². The maximum Gasteiger partial charge on any atom is 0.181 e. The molecule has 2 aliphatic heterocycles. The van der Waals surface area contributed by atoms with Crippen molar-refractivity contribution in [2.75, 3.05) is 0 Å². The van der Waals surface area contributed by atoms with E-state index < -0.39 is 58.6 Å². The molecule has 0 unspecified atom stereocenters. The fourth-order valence-corrected chi connectivity index (χ4v) is 5.31. The molecule has 216 valence electrons. The van der Waals surface area contributed by atoms with Gasteiger partial charge >= 0.3 is 0 Å². The van der Waals surface area contributed by atoms with Crippen LogP contribution in [0.2, 0.25) is 0 Å². The van der Waals surface area contributed by atoms with Gasteiger partial charge < -0.3 is 60.5 Å². The van der Waals surface area contributed by atoms with Crippen LogP contribution in [0, 0.1) is 0 Å². The molecule has 0 aromatic heterocycles. The zero-order valence-corrected chi connectivity index (χ0v) is 21.4. The van der Waals surface area contributed by atoms with E-state index in [2.05, 4.69) is 0 Å². The van der Waals surface area contributed by atoms with Gasteiger partial charge in [-0.1, -0.05) is 12.1 Å². The molecule has 2 heterocycles. The van der Waals surface area contributed by atoms with Gasteiger partial charge in [0.2, 0.25) is 0 Å². The Bertz CT molecular complexity index is 1790. The van der Waals surface area contributed by atoms with Gasteiger partial charge in [-0.15, -0.1) is 0 Å². The monoisotopic (exact) mass is 576 g/mol. The van der Waals surface area contributed by atoms with E-state index in [1.807, 2.05) is 0 Å². The van der Waals surface area contributed by atoms with Crippen LogP contribution < -0.4 is 9.47 Å². The summed E-state index contributed by atoms with van der Waals surface area (Å²) in [5, 5.41) is 105. The minimum absolute atomic E-state index is 0.0258. The summed E-state index contributed by atoms with van der Waals surface area (Å²) in [6.45, 7) is 0. The number of phenols is 8. The Morgan fingerprint density at radius 1 is 0.619 bits per heavy atom. The summed E-state index contributed by atoms with van der Waals surface area (Å²) in [6, 6.07) is 10.7. The molecule has 3 atom stereocenters. The summed E-state index contributed by atoms with van der Waals surface area (Å²) in [6.07, 6.45) is -3.98. The molecule has 0 saturated carbocycles. The first kappa shape index (κ1) is 26.6. The zero-order chi connectivity index (χ0) is 30.0. The lowest BCUT2D eigenvalue weighted by Gasteiger charge is -2.33. The van der Waals surface area contributed by atoms with Crippen molar-refractivity contribution < 1.29 is 60.5 Å². The topological polar surface area (TPSA) is 221 Å². The number of hydrogen-bond donors (Lipinski definition) is 10. The van der Waals surface area contributed by atoms with Crippen molar-refractivity contribution >= 4 is 5.57 Å². The molecule has 0 radical (unpaired) electrons. The van der Waals surface area contributed by atoms with Gasteiger partial charge in [0.1, 0.15) is 28.8 Å². The summed E-state index contributed by atoms with van der Waals surface area (Å²) in [4.78, 5) is 0. The molecule has 0 bridgehead atoms. The lowest BCUT2D eigenvalue weighted by molar-refractivity contribution is 0.0180. The Balaban J connectivity index is 1.52. The minimum atomic E-state index is -1.36. The van der Waals surface area contributed by atoms with Gasteiger partial charge in [0.15, 0.2) is 46.7 Å². The van der Waals surface area contributed by atoms with Crippen molar-refractivity contribution in [3.05, 3.63) is 88.2 Å². The molecule has 4 aromatic rings. The molecule has 12 heteroatoms. The van der Waals surface area contributed by atoms with E-state index in [9.17, 15) is 51.1 Å². The Hall–Kier alpha value is -5.62. The van der Waals surface area contributed by atoms with Gasteiger partial charge in [-0.05, 0) is 35.9 Å². The lowest BCUT2D eigenvalue weighted by Crippen LogP contribution is -2.30. The zero-order valence-electron chi connectivity index (χ0n) is 21.4. The normalized spacial score (nSPS) is 19.4. The molecule has 42 heavy (non-hydrogen) atoms. The van der Waals surface area contributed by atoms with Crippen LogP contribution in [-0.4, -0.2) is 57.2 Å².